The molecule has 0 aliphatic carbocycles. The molecule has 22 heavy (non-hydrogen) atoms. The number of nitrogens with one attached hydrogen (secondary N) is 1. The summed E-state index contributed by atoms with van der Waals surface area (Å²) in [5.74, 6) is -1.85. The van der Waals surface area contributed by atoms with Crippen LogP contribution in [0, 0.1) is 5.41 Å². The van der Waals surface area contributed by atoms with Gasteiger partial charge in [0, 0.05) is 11.1 Å². The molecule has 0 spiro atoms. The highest BCUT2D eigenvalue weighted by molar-refractivity contribution is 6.02. The van der Waals surface area contributed by atoms with E-state index in [1.54, 1.807) is 58.0 Å². The van der Waals surface area contributed by atoms with E-state index in [0.717, 1.165) is 4.90 Å². The zero-order valence-electron chi connectivity index (χ0n) is 13.3. The summed E-state index contributed by atoms with van der Waals surface area (Å²) < 4.78 is 0. The van der Waals surface area contributed by atoms with E-state index >= 15 is 0 Å². The fraction of sp³-hybridized carbons (Fsp3) is 0.438. The molecule has 0 saturated carbocycles. The van der Waals surface area contributed by atoms with Crippen LogP contribution in [0.5, 0.6) is 0 Å². The maximum Gasteiger partial charge on any atom is 0.323 e. The van der Waals surface area contributed by atoms with E-state index in [1.165, 1.54) is 0 Å². The summed E-state index contributed by atoms with van der Waals surface area (Å²) in [5, 5.41) is 11.6. The standard InChI is InChI=1S/C16H22N2O4/c1-11(17-15(22)16(2,3)4)14(21)18(10-13(19)20)12-8-6-5-7-9-12/h5-9,11H,10H2,1-4H3,(H,17,22)(H,19,20). The summed E-state index contributed by atoms with van der Waals surface area (Å²) in [6.07, 6.45) is 0. The van der Waals surface area contributed by atoms with Crippen molar-refractivity contribution in [2.45, 2.75) is 33.7 Å². The van der Waals surface area contributed by atoms with Crippen LogP contribution in [0.3, 0.4) is 0 Å². The number of anilines is 1. The molecule has 1 aromatic carbocycles. The first kappa shape index (κ1) is 17.7. The molecule has 0 radical (unpaired) electrons. The smallest absolute Gasteiger partial charge is 0.323 e. The number of carboxylic acids is 1. The number of rotatable bonds is 5. The second-order valence-corrected chi connectivity index (χ2v) is 6.10. The molecule has 0 fully saturated rings. The van der Waals surface area contributed by atoms with Gasteiger partial charge >= 0.3 is 5.97 Å². The van der Waals surface area contributed by atoms with Gasteiger partial charge in [-0.25, -0.2) is 0 Å². The van der Waals surface area contributed by atoms with E-state index in [2.05, 4.69) is 5.32 Å². The molecule has 0 saturated heterocycles. The van der Waals surface area contributed by atoms with Gasteiger partial charge in [0.05, 0.1) is 0 Å². The first-order valence-corrected chi connectivity index (χ1v) is 7.02. The van der Waals surface area contributed by atoms with Gasteiger partial charge in [-0.2, -0.15) is 0 Å². The Bertz CT molecular complexity index is 549. The Balaban J connectivity index is 2.93. The van der Waals surface area contributed by atoms with Gasteiger partial charge in [0.1, 0.15) is 12.6 Å². The van der Waals surface area contributed by atoms with E-state index in [0.29, 0.717) is 5.69 Å². The Hall–Kier alpha value is -2.37. The summed E-state index contributed by atoms with van der Waals surface area (Å²) in [4.78, 5) is 36.6. The predicted octanol–water partition coefficient (Wildman–Crippen LogP) is 1.65. The quantitative estimate of drug-likeness (QED) is 0.866. The summed E-state index contributed by atoms with van der Waals surface area (Å²) in [7, 11) is 0. The molecule has 6 nitrogen and oxygen atoms in total. The van der Waals surface area contributed by atoms with Crippen LogP contribution in [-0.2, 0) is 14.4 Å². The van der Waals surface area contributed by atoms with Gasteiger partial charge in [-0.15, -0.1) is 0 Å². The second-order valence-electron chi connectivity index (χ2n) is 6.10. The van der Waals surface area contributed by atoms with Crippen molar-refractivity contribution in [1.29, 1.82) is 0 Å². The number of benzene rings is 1. The van der Waals surface area contributed by atoms with Crippen molar-refractivity contribution < 1.29 is 19.5 Å². The van der Waals surface area contributed by atoms with Crippen LogP contribution >= 0.6 is 0 Å². The molecular weight excluding hydrogens is 284 g/mol. The second kappa shape index (κ2) is 7.06. The average Bonchev–Trinajstić information content (AvgIpc) is 2.43. The molecule has 0 aromatic heterocycles. The van der Waals surface area contributed by atoms with Crippen molar-refractivity contribution in [2.24, 2.45) is 5.41 Å². The average molecular weight is 306 g/mol. The van der Waals surface area contributed by atoms with Gasteiger partial charge in [0.25, 0.3) is 0 Å². The lowest BCUT2D eigenvalue weighted by molar-refractivity contribution is -0.137. The maximum absolute atomic E-state index is 12.5. The van der Waals surface area contributed by atoms with Gasteiger partial charge in [-0.3, -0.25) is 19.3 Å². The van der Waals surface area contributed by atoms with Crippen molar-refractivity contribution in [3.63, 3.8) is 0 Å². The Morgan fingerprint density at radius 1 is 1.18 bits per heavy atom. The van der Waals surface area contributed by atoms with Crippen molar-refractivity contribution in [3.8, 4) is 0 Å². The third-order valence-corrected chi connectivity index (χ3v) is 3.03. The molecule has 120 valence electrons. The highest BCUT2D eigenvalue weighted by atomic mass is 16.4. The molecule has 0 aliphatic heterocycles. The normalized spacial score (nSPS) is 12.4. The summed E-state index contributed by atoms with van der Waals surface area (Å²) in [6, 6.07) is 7.70. The fourth-order valence-corrected chi connectivity index (χ4v) is 1.75. The lowest BCUT2D eigenvalue weighted by Gasteiger charge is -2.27. The SMILES string of the molecule is CC(NC(=O)C(C)(C)C)C(=O)N(CC(=O)O)c1ccccc1. The van der Waals surface area contributed by atoms with Gasteiger partial charge in [-0.05, 0) is 19.1 Å². The van der Waals surface area contributed by atoms with Crippen LogP contribution in [0.1, 0.15) is 27.7 Å². The number of carbonyl (C=O) groups excluding carboxylic acids is 2. The number of hydrogen-bond acceptors (Lipinski definition) is 3. The molecular formula is C16H22N2O4. The van der Waals surface area contributed by atoms with Crippen LogP contribution in [0.2, 0.25) is 0 Å². The molecule has 0 bridgehead atoms. The third-order valence-electron chi connectivity index (χ3n) is 3.03. The van der Waals surface area contributed by atoms with Crippen molar-refractivity contribution in [3.05, 3.63) is 30.3 Å². The molecule has 0 heterocycles. The molecule has 1 unspecified atom stereocenters. The first-order chi connectivity index (χ1) is 10.1. The van der Waals surface area contributed by atoms with Crippen LogP contribution in [0.15, 0.2) is 30.3 Å². The number of para-hydroxylation sites is 1. The number of carbonyl (C=O) groups is 3. The van der Waals surface area contributed by atoms with Crippen LogP contribution < -0.4 is 10.2 Å². The van der Waals surface area contributed by atoms with Crippen LogP contribution in [-0.4, -0.2) is 35.5 Å². The number of aliphatic carboxylic acids is 1. The molecule has 1 rings (SSSR count). The van der Waals surface area contributed by atoms with Gasteiger partial charge in [0.15, 0.2) is 0 Å². The minimum atomic E-state index is -1.12. The molecule has 1 aromatic rings. The highest BCUT2D eigenvalue weighted by Crippen LogP contribution is 2.16. The van der Waals surface area contributed by atoms with Gasteiger partial charge < -0.3 is 10.4 Å². The minimum absolute atomic E-state index is 0.267. The van der Waals surface area contributed by atoms with E-state index in [1.807, 2.05) is 0 Å². The lowest BCUT2D eigenvalue weighted by Crippen LogP contribution is -2.51. The maximum atomic E-state index is 12.5. The monoisotopic (exact) mass is 306 g/mol. The zero-order valence-corrected chi connectivity index (χ0v) is 13.3. The van der Waals surface area contributed by atoms with Crippen LogP contribution in [0.4, 0.5) is 5.69 Å². The fourth-order valence-electron chi connectivity index (χ4n) is 1.75. The molecule has 1 atom stereocenters. The molecule has 2 amide bonds. The van der Waals surface area contributed by atoms with Crippen molar-refractivity contribution >= 4 is 23.5 Å². The Morgan fingerprint density at radius 3 is 2.18 bits per heavy atom. The number of carboxylic acid groups (broad SMARTS) is 1. The van der Waals surface area contributed by atoms with Crippen molar-refractivity contribution in [1.82, 2.24) is 5.32 Å². The Morgan fingerprint density at radius 2 is 1.73 bits per heavy atom. The number of hydrogen-bond donors (Lipinski definition) is 2. The lowest BCUT2D eigenvalue weighted by atomic mass is 9.95. The molecule has 0 aliphatic rings. The predicted molar refractivity (Wildman–Crippen MR) is 83.5 cm³/mol. The van der Waals surface area contributed by atoms with Crippen LogP contribution in [0.25, 0.3) is 0 Å². The molecule has 6 heteroatoms. The number of amides is 2. The zero-order chi connectivity index (χ0) is 16.9. The first-order valence-electron chi connectivity index (χ1n) is 7.02. The minimum Gasteiger partial charge on any atom is -0.480 e. The largest absolute Gasteiger partial charge is 0.480 e. The summed E-state index contributed by atoms with van der Waals surface area (Å²) in [6.45, 7) is 6.31. The van der Waals surface area contributed by atoms with E-state index < -0.39 is 29.9 Å². The summed E-state index contributed by atoms with van der Waals surface area (Å²) >= 11 is 0. The molecule has 2 N–H and O–H groups in total. The Labute approximate surface area is 130 Å². The van der Waals surface area contributed by atoms with Crippen molar-refractivity contribution in [2.75, 3.05) is 11.4 Å². The number of nitrogens with zero attached hydrogens (tertiary/aromatic N) is 1. The van der Waals surface area contributed by atoms with E-state index in [4.69, 9.17) is 5.11 Å². The topological polar surface area (TPSA) is 86.7 Å². The van der Waals surface area contributed by atoms with Gasteiger partial charge in [0.2, 0.25) is 11.8 Å². The van der Waals surface area contributed by atoms with Gasteiger partial charge in [-0.1, -0.05) is 39.0 Å². The van der Waals surface area contributed by atoms with E-state index in [-0.39, 0.29) is 5.91 Å². The third kappa shape index (κ3) is 4.87. The van der Waals surface area contributed by atoms with E-state index in [9.17, 15) is 14.4 Å². The summed E-state index contributed by atoms with van der Waals surface area (Å²) in [5.41, 5.74) is -0.148. The Kier molecular flexibility index (Phi) is 5.68. The highest BCUT2D eigenvalue weighted by Gasteiger charge is 2.28.